The highest BCUT2D eigenvalue weighted by Gasteiger charge is 2.22. The number of likely N-dealkylation sites (N-methyl/N-ethyl adjacent to an activating group) is 1. The predicted molar refractivity (Wildman–Crippen MR) is 94.3 cm³/mol. The summed E-state index contributed by atoms with van der Waals surface area (Å²) in [6.45, 7) is 3.08. The van der Waals surface area contributed by atoms with E-state index in [1.54, 1.807) is 25.2 Å². The fraction of sp³-hybridized carbons (Fsp3) is 0.467. The Hall–Kier alpha value is -0.950. The molecule has 0 aliphatic carbocycles. The van der Waals surface area contributed by atoms with Crippen molar-refractivity contribution in [3.63, 3.8) is 0 Å². The zero-order chi connectivity index (χ0) is 16.8. The molecule has 1 N–H and O–H groups in total. The third-order valence-electron chi connectivity index (χ3n) is 3.62. The Morgan fingerprint density at radius 3 is 2.57 bits per heavy atom. The normalized spacial score (nSPS) is 15.5. The Morgan fingerprint density at radius 1 is 1.22 bits per heavy atom. The molecule has 0 bridgehead atoms. The van der Waals surface area contributed by atoms with Gasteiger partial charge >= 0.3 is 0 Å². The fourth-order valence-corrected chi connectivity index (χ4v) is 3.65. The lowest BCUT2D eigenvalue weighted by Crippen LogP contribution is -2.51. The van der Waals surface area contributed by atoms with Gasteiger partial charge < -0.3 is 10.2 Å². The first-order valence-corrected chi connectivity index (χ1v) is 9.02. The Labute approximate surface area is 150 Å². The minimum atomic E-state index is -0.00377. The SMILES string of the molecule is CNC(=O)CN1CCN(C(=O)CSc2cc(Cl)ccc2Cl)CC1. The Balaban J connectivity index is 1.79. The summed E-state index contributed by atoms with van der Waals surface area (Å²) in [5.41, 5.74) is 0. The first kappa shape index (κ1) is 18.4. The van der Waals surface area contributed by atoms with E-state index in [0.29, 0.717) is 48.5 Å². The van der Waals surface area contributed by atoms with Crippen LogP contribution in [0.15, 0.2) is 23.1 Å². The lowest BCUT2D eigenvalue weighted by atomic mass is 10.3. The van der Waals surface area contributed by atoms with Crippen LogP contribution in [0.3, 0.4) is 0 Å². The van der Waals surface area contributed by atoms with Crippen molar-refractivity contribution in [2.45, 2.75) is 4.90 Å². The van der Waals surface area contributed by atoms with Gasteiger partial charge in [-0.25, -0.2) is 0 Å². The van der Waals surface area contributed by atoms with Gasteiger partial charge in [0.25, 0.3) is 0 Å². The van der Waals surface area contributed by atoms with Crippen molar-refractivity contribution < 1.29 is 9.59 Å². The summed E-state index contributed by atoms with van der Waals surface area (Å²) < 4.78 is 0. The maximum absolute atomic E-state index is 12.3. The topological polar surface area (TPSA) is 52.7 Å². The van der Waals surface area contributed by atoms with Gasteiger partial charge in [0.2, 0.25) is 11.8 Å². The Bertz CT molecular complexity index is 578. The van der Waals surface area contributed by atoms with Gasteiger partial charge in [0.15, 0.2) is 0 Å². The van der Waals surface area contributed by atoms with Crippen molar-refractivity contribution in [3.8, 4) is 0 Å². The molecule has 0 saturated carbocycles. The molecule has 1 aromatic rings. The number of nitrogens with zero attached hydrogens (tertiary/aromatic N) is 2. The highest BCUT2D eigenvalue weighted by atomic mass is 35.5. The van der Waals surface area contributed by atoms with Crippen LogP contribution in [0.2, 0.25) is 10.0 Å². The van der Waals surface area contributed by atoms with Gasteiger partial charge in [-0.1, -0.05) is 23.2 Å². The second kappa shape index (κ2) is 8.78. The van der Waals surface area contributed by atoms with Gasteiger partial charge in [-0.05, 0) is 18.2 Å². The molecule has 1 aliphatic heterocycles. The third kappa shape index (κ3) is 5.57. The van der Waals surface area contributed by atoms with E-state index < -0.39 is 0 Å². The Kier molecular flexibility index (Phi) is 7.02. The van der Waals surface area contributed by atoms with Gasteiger partial charge in [0, 0.05) is 43.1 Å². The van der Waals surface area contributed by atoms with Crippen LogP contribution in [-0.2, 0) is 9.59 Å². The molecule has 23 heavy (non-hydrogen) atoms. The minimum absolute atomic E-state index is 0.00377. The largest absolute Gasteiger partial charge is 0.358 e. The van der Waals surface area contributed by atoms with Crippen LogP contribution in [0.5, 0.6) is 0 Å². The molecule has 0 atom stereocenters. The first-order valence-electron chi connectivity index (χ1n) is 7.28. The molecule has 5 nitrogen and oxygen atoms in total. The van der Waals surface area contributed by atoms with Crippen LogP contribution >= 0.6 is 35.0 Å². The van der Waals surface area contributed by atoms with Crippen molar-refractivity contribution in [2.75, 3.05) is 45.5 Å². The molecule has 0 radical (unpaired) electrons. The standard InChI is InChI=1S/C15H19Cl2N3O2S/c1-18-14(21)9-19-4-6-20(7-5-19)15(22)10-23-13-8-11(16)2-3-12(13)17/h2-3,8H,4-7,9-10H2,1H3,(H,18,21). The third-order valence-corrected chi connectivity index (χ3v) is 5.33. The molecule has 1 heterocycles. The number of nitrogens with one attached hydrogen (secondary N) is 1. The molecule has 1 saturated heterocycles. The predicted octanol–water partition coefficient (Wildman–Crippen LogP) is 1.98. The van der Waals surface area contributed by atoms with E-state index in [1.807, 2.05) is 9.80 Å². The number of rotatable bonds is 5. The number of halogens is 2. The number of thioether (sulfide) groups is 1. The smallest absolute Gasteiger partial charge is 0.233 e. The zero-order valence-electron chi connectivity index (χ0n) is 12.8. The molecule has 1 aliphatic rings. The molecule has 126 valence electrons. The zero-order valence-corrected chi connectivity index (χ0v) is 15.2. The number of benzene rings is 1. The van der Waals surface area contributed by atoms with Gasteiger partial charge in [0.1, 0.15) is 0 Å². The van der Waals surface area contributed by atoms with E-state index >= 15 is 0 Å². The number of piperazine rings is 1. The molecule has 8 heteroatoms. The van der Waals surface area contributed by atoms with Crippen LogP contribution in [0.4, 0.5) is 0 Å². The number of carbonyl (C=O) groups is 2. The van der Waals surface area contributed by atoms with E-state index in [4.69, 9.17) is 23.2 Å². The lowest BCUT2D eigenvalue weighted by Gasteiger charge is -2.34. The molecule has 1 aromatic carbocycles. The van der Waals surface area contributed by atoms with Crippen LogP contribution in [0.25, 0.3) is 0 Å². The second-order valence-corrected chi connectivity index (χ2v) is 7.05. The maximum atomic E-state index is 12.3. The highest BCUT2D eigenvalue weighted by Crippen LogP contribution is 2.30. The molecular formula is C15H19Cl2N3O2S. The molecule has 0 aromatic heterocycles. The molecule has 2 rings (SSSR count). The number of hydrogen-bond donors (Lipinski definition) is 1. The van der Waals surface area contributed by atoms with Crippen molar-refractivity contribution in [2.24, 2.45) is 0 Å². The van der Waals surface area contributed by atoms with Gasteiger partial charge in [0.05, 0.1) is 17.3 Å². The first-order chi connectivity index (χ1) is 11.0. The summed E-state index contributed by atoms with van der Waals surface area (Å²) in [7, 11) is 1.63. The van der Waals surface area contributed by atoms with Gasteiger partial charge in [-0.15, -0.1) is 11.8 Å². The highest BCUT2D eigenvalue weighted by molar-refractivity contribution is 8.00. The summed E-state index contributed by atoms with van der Waals surface area (Å²) in [5, 5.41) is 3.81. The minimum Gasteiger partial charge on any atom is -0.358 e. The summed E-state index contributed by atoms with van der Waals surface area (Å²) in [5.74, 6) is 0.400. The number of carbonyl (C=O) groups excluding carboxylic acids is 2. The summed E-state index contributed by atoms with van der Waals surface area (Å²) in [4.78, 5) is 28.3. The van der Waals surface area contributed by atoms with Gasteiger partial charge in [-0.2, -0.15) is 0 Å². The quantitative estimate of drug-likeness (QED) is 0.799. The van der Waals surface area contributed by atoms with E-state index in [0.717, 1.165) is 4.90 Å². The van der Waals surface area contributed by atoms with Crippen molar-refractivity contribution in [3.05, 3.63) is 28.2 Å². The molecular weight excluding hydrogens is 357 g/mol. The average molecular weight is 376 g/mol. The fourth-order valence-electron chi connectivity index (χ4n) is 2.26. The summed E-state index contributed by atoms with van der Waals surface area (Å²) in [6, 6.07) is 5.22. The monoisotopic (exact) mass is 375 g/mol. The molecule has 0 unspecified atom stereocenters. The van der Waals surface area contributed by atoms with Crippen LogP contribution in [-0.4, -0.2) is 67.1 Å². The van der Waals surface area contributed by atoms with E-state index in [2.05, 4.69) is 5.32 Å². The van der Waals surface area contributed by atoms with Gasteiger partial charge in [-0.3, -0.25) is 14.5 Å². The van der Waals surface area contributed by atoms with Crippen molar-refractivity contribution in [1.82, 2.24) is 15.1 Å². The van der Waals surface area contributed by atoms with E-state index in [1.165, 1.54) is 11.8 Å². The summed E-state index contributed by atoms with van der Waals surface area (Å²) in [6.07, 6.45) is 0. The van der Waals surface area contributed by atoms with Crippen LogP contribution in [0, 0.1) is 0 Å². The average Bonchev–Trinajstić information content (AvgIpc) is 2.56. The van der Waals surface area contributed by atoms with Crippen molar-refractivity contribution in [1.29, 1.82) is 0 Å². The Morgan fingerprint density at radius 2 is 1.91 bits per heavy atom. The lowest BCUT2D eigenvalue weighted by molar-refractivity contribution is -0.130. The van der Waals surface area contributed by atoms with Crippen LogP contribution < -0.4 is 5.32 Å². The molecule has 0 spiro atoms. The van der Waals surface area contributed by atoms with Crippen molar-refractivity contribution >= 4 is 46.8 Å². The number of hydrogen-bond acceptors (Lipinski definition) is 4. The van der Waals surface area contributed by atoms with E-state index in [-0.39, 0.29) is 11.8 Å². The van der Waals surface area contributed by atoms with Crippen LogP contribution in [0.1, 0.15) is 0 Å². The molecule has 1 fully saturated rings. The second-order valence-electron chi connectivity index (χ2n) is 5.19. The maximum Gasteiger partial charge on any atom is 0.233 e. The van der Waals surface area contributed by atoms with E-state index in [9.17, 15) is 9.59 Å². The summed E-state index contributed by atoms with van der Waals surface area (Å²) >= 11 is 13.4. The number of amides is 2. The molecule has 2 amide bonds.